The Labute approximate surface area is 291 Å². The van der Waals surface area contributed by atoms with Crippen LogP contribution in [0, 0.1) is 0 Å². The third-order valence-corrected chi connectivity index (χ3v) is 10.6. The van der Waals surface area contributed by atoms with E-state index in [0.717, 1.165) is 0 Å². The molecule has 2 nitrogen and oxygen atoms in total. The van der Waals surface area contributed by atoms with Crippen LogP contribution in [0.1, 0.15) is 251 Å². The topological polar surface area (TPSA) is 8.81 Å². The van der Waals surface area contributed by atoms with E-state index in [9.17, 15) is 0 Å². The van der Waals surface area contributed by atoms with Crippen LogP contribution < -0.4 is 4.57 Å². The van der Waals surface area contributed by atoms with Gasteiger partial charge in [0.15, 0.2) is 0 Å². The molecular weight excluding hydrogens is 556 g/mol. The van der Waals surface area contributed by atoms with Crippen LogP contribution >= 0.6 is 0 Å². The highest BCUT2D eigenvalue weighted by molar-refractivity contribution is 4.84. The van der Waals surface area contributed by atoms with Gasteiger partial charge in [0.05, 0.1) is 13.1 Å². The van der Waals surface area contributed by atoms with E-state index in [-0.39, 0.29) is 0 Å². The molecule has 1 aromatic heterocycles. The molecule has 1 rings (SSSR count). The van der Waals surface area contributed by atoms with Crippen molar-refractivity contribution in [2.24, 2.45) is 0 Å². The van der Waals surface area contributed by atoms with Gasteiger partial charge in [-0.15, -0.1) is 0 Å². The fourth-order valence-electron chi connectivity index (χ4n) is 7.39. The number of hydrogen-bond acceptors (Lipinski definition) is 0. The largest absolute Gasteiger partial charge is 0.256 e. The van der Waals surface area contributed by atoms with Crippen molar-refractivity contribution in [1.29, 1.82) is 0 Å². The Kier molecular flexibility index (Phi) is 33.4. The van der Waals surface area contributed by atoms with Crippen LogP contribution in [0.25, 0.3) is 0 Å². The van der Waals surface area contributed by atoms with Crippen molar-refractivity contribution in [2.45, 2.75) is 265 Å². The summed E-state index contributed by atoms with van der Waals surface area (Å²) in [6.45, 7) is 9.41. The monoisotopic (exact) mass is 644 g/mol. The molecule has 0 radical (unpaired) electrons. The van der Waals surface area contributed by atoms with Crippen LogP contribution in [0.4, 0.5) is 0 Å². The molecule has 0 saturated heterocycles. The Hall–Kier alpha value is -0.790. The van der Waals surface area contributed by atoms with Gasteiger partial charge < -0.3 is 0 Å². The number of unbranched alkanes of at least 4 members (excludes halogenated alkanes) is 32. The van der Waals surface area contributed by atoms with Gasteiger partial charge in [-0.3, -0.25) is 0 Å². The number of aryl methyl sites for hydroxylation is 2. The first-order valence-corrected chi connectivity index (χ1v) is 21.9. The molecule has 272 valence electrons. The third kappa shape index (κ3) is 27.2. The molecule has 0 unspecified atom stereocenters. The predicted molar refractivity (Wildman–Crippen MR) is 207 cm³/mol. The zero-order chi connectivity index (χ0) is 33.0. The fourth-order valence-corrected chi connectivity index (χ4v) is 7.39. The lowest BCUT2D eigenvalue weighted by Gasteiger charge is -2.07. The number of aromatic nitrogens is 2. The van der Waals surface area contributed by atoms with Crippen LogP contribution in [-0.4, -0.2) is 4.57 Å². The Morgan fingerprint density at radius 1 is 0.370 bits per heavy atom. The molecule has 0 bridgehead atoms. The summed E-state index contributed by atoms with van der Waals surface area (Å²) in [5.41, 5.74) is 0. The highest BCUT2D eigenvalue weighted by Crippen LogP contribution is 2.16. The summed E-state index contributed by atoms with van der Waals surface area (Å²) in [6, 6.07) is 0. The van der Waals surface area contributed by atoms with Gasteiger partial charge in [0.2, 0.25) is 0 Å². The quantitative estimate of drug-likeness (QED) is 0.0501. The van der Waals surface area contributed by atoms with Crippen molar-refractivity contribution in [3.05, 3.63) is 18.2 Å². The van der Waals surface area contributed by atoms with Gasteiger partial charge in [-0.1, -0.05) is 213 Å². The molecule has 1 heterocycles. The number of rotatable bonds is 38. The minimum absolute atomic E-state index is 1.23. The Balaban J connectivity index is 2.24. The summed E-state index contributed by atoms with van der Waals surface area (Å²) >= 11 is 0. The van der Waals surface area contributed by atoms with Crippen molar-refractivity contribution < 1.29 is 4.57 Å². The summed E-state index contributed by atoms with van der Waals surface area (Å²) < 4.78 is 5.28. The molecule has 0 aromatic carbocycles. The van der Waals surface area contributed by atoms with Gasteiger partial charge in [-0.25, -0.2) is 9.13 Å². The van der Waals surface area contributed by atoms with E-state index in [2.05, 4.69) is 42.3 Å². The average Bonchev–Trinajstić information content (AvgIpc) is 3.45. The van der Waals surface area contributed by atoms with Crippen LogP contribution in [0.3, 0.4) is 0 Å². The standard InChI is InChI=1S/C44H87N2/c1-4-7-10-13-16-19-21-22-23-24-25-26-28-30-33-36-39-44-45(40-37-34-31-18-15-12-9-6-3)42-43-46(44)41-38-35-32-29-27-20-17-14-11-8-5-2/h42-43H,4-41H2,1-3H3/q+1. The van der Waals surface area contributed by atoms with E-state index < -0.39 is 0 Å². The molecule has 0 aliphatic heterocycles. The van der Waals surface area contributed by atoms with Crippen molar-refractivity contribution in [1.82, 2.24) is 4.57 Å². The van der Waals surface area contributed by atoms with E-state index in [1.165, 1.54) is 244 Å². The van der Waals surface area contributed by atoms with Crippen LogP contribution in [0.15, 0.2) is 12.4 Å². The van der Waals surface area contributed by atoms with Gasteiger partial charge >= 0.3 is 0 Å². The van der Waals surface area contributed by atoms with E-state index in [1.54, 1.807) is 5.82 Å². The van der Waals surface area contributed by atoms with Gasteiger partial charge in [-0.05, 0) is 32.1 Å². The SMILES string of the molecule is CCCCCCCCCCCCCCCCCCc1n(CCCCCCCCCC)cc[n+]1CCCCCCCCCCCCC. The molecule has 0 saturated carbocycles. The van der Waals surface area contributed by atoms with Crippen LogP contribution in [0.5, 0.6) is 0 Å². The first-order valence-electron chi connectivity index (χ1n) is 21.9. The lowest BCUT2D eigenvalue weighted by molar-refractivity contribution is -0.704. The number of nitrogens with zero attached hydrogens (tertiary/aromatic N) is 2. The molecule has 0 fully saturated rings. The summed E-state index contributed by atoms with van der Waals surface area (Å²) in [5.74, 6) is 1.63. The summed E-state index contributed by atoms with van der Waals surface area (Å²) in [6.07, 6.45) is 56.4. The molecule has 0 spiro atoms. The molecule has 0 atom stereocenters. The first-order chi connectivity index (χ1) is 22.8. The Morgan fingerprint density at radius 2 is 0.674 bits per heavy atom. The second-order valence-corrected chi connectivity index (χ2v) is 15.2. The van der Waals surface area contributed by atoms with E-state index in [4.69, 9.17) is 0 Å². The van der Waals surface area contributed by atoms with E-state index in [0.29, 0.717) is 0 Å². The van der Waals surface area contributed by atoms with Gasteiger partial charge in [-0.2, -0.15) is 0 Å². The second-order valence-electron chi connectivity index (χ2n) is 15.2. The third-order valence-electron chi connectivity index (χ3n) is 10.6. The molecule has 46 heavy (non-hydrogen) atoms. The normalized spacial score (nSPS) is 11.6. The molecule has 0 aliphatic carbocycles. The van der Waals surface area contributed by atoms with Gasteiger partial charge in [0.1, 0.15) is 12.4 Å². The maximum atomic E-state index is 2.64. The summed E-state index contributed by atoms with van der Waals surface area (Å²) in [4.78, 5) is 0. The van der Waals surface area contributed by atoms with Crippen LogP contribution in [-0.2, 0) is 19.5 Å². The Bertz CT molecular complexity index is 707. The lowest BCUT2D eigenvalue weighted by atomic mass is 10.0. The molecule has 1 aromatic rings. The smallest absolute Gasteiger partial charge is 0.234 e. The predicted octanol–water partition coefficient (Wildman–Crippen LogP) is 15.0. The molecule has 2 heteroatoms. The maximum Gasteiger partial charge on any atom is 0.256 e. The highest BCUT2D eigenvalue weighted by atomic mass is 15.1. The van der Waals surface area contributed by atoms with Crippen LogP contribution in [0.2, 0.25) is 0 Å². The molecular formula is C44H87N2+. The van der Waals surface area contributed by atoms with Crippen molar-refractivity contribution in [2.75, 3.05) is 0 Å². The van der Waals surface area contributed by atoms with E-state index >= 15 is 0 Å². The molecule has 0 aliphatic rings. The number of imidazole rings is 1. The van der Waals surface area contributed by atoms with E-state index in [1.807, 2.05) is 0 Å². The molecule has 0 amide bonds. The van der Waals surface area contributed by atoms with Gasteiger partial charge in [0.25, 0.3) is 5.82 Å². The maximum absolute atomic E-state index is 2.64. The minimum Gasteiger partial charge on any atom is -0.234 e. The zero-order valence-electron chi connectivity index (χ0n) is 32.4. The summed E-state index contributed by atoms with van der Waals surface area (Å²) in [7, 11) is 0. The Morgan fingerprint density at radius 3 is 1.04 bits per heavy atom. The number of hydrogen-bond donors (Lipinski definition) is 0. The molecule has 0 N–H and O–H groups in total. The minimum atomic E-state index is 1.23. The highest BCUT2D eigenvalue weighted by Gasteiger charge is 2.16. The van der Waals surface area contributed by atoms with Crippen molar-refractivity contribution in [3.8, 4) is 0 Å². The van der Waals surface area contributed by atoms with Crippen molar-refractivity contribution >= 4 is 0 Å². The summed E-state index contributed by atoms with van der Waals surface area (Å²) in [5, 5.41) is 0. The fraction of sp³-hybridized carbons (Fsp3) is 0.932. The lowest BCUT2D eigenvalue weighted by Crippen LogP contribution is -2.37. The van der Waals surface area contributed by atoms with Gasteiger partial charge in [0, 0.05) is 6.42 Å². The average molecular weight is 644 g/mol. The first kappa shape index (κ1) is 43.2. The second kappa shape index (κ2) is 35.5. The van der Waals surface area contributed by atoms with Crippen molar-refractivity contribution in [3.63, 3.8) is 0 Å². The zero-order valence-corrected chi connectivity index (χ0v) is 32.4.